The second-order valence-electron chi connectivity index (χ2n) is 6.83. The van der Waals surface area contributed by atoms with E-state index in [1.807, 2.05) is 0 Å². The highest BCUT2D eigenvalue weighted by atomic mass is 19.4. The van der Waals surface area contributed by atoms with Crippen molar-refractivity contribution in [3.8, 4) is 5.75 Å². The van der Waals surface area contributed by atoms with Gasteiger partial charge >= 0.3 is 12.3 Å². The fraction of sp³-hybridized carbons (Fsp3) is 0.529. The van der Waals surface area contributed by atoms with E-state index in [1.54, 1.807) is 20.8 Å². The number of rotatable bonds is 4. The predicted molar refractivity (Wildman–Crippen MR) is 83.0 cm³/mol. The maximum Gasteiger partial charge on any atom is 0.573 e. The minimum atomic E-state index is -4.77. The average molecular weight is 359 g/mol. The molecular formula is C17H20F3NO4. The highest BCUT2D eigenvalue weighted by Gasteiger charge is 2.42. The molecule has 1 aromatic rings. The molecule has 0 radical (unpaired) electrons. The Kier molecular flexibility index (Phi) is 5.02. The number of carbonyl (C=O) groups is 2. The highest BCUT2D eigenvalue weighted by Crippen LogP contribution is 2.32. The van der Waals surface area contributed by atoms with Crippen LogP contribution in [0.3, 0.4) is 0 Å². The molecule has 1 heterocycles. The molecule has 1 fully saturated rings. The van der Waals surface area contributed by atoms with Gasteiger partial charge in [0.2, 0.25) is 5.91 Å². The first kappa shape index (κ1) is 19.1. The van der Waals surface area contributed by atoms with Crippen LogP contribution in [0.5, 0.6) is 5.75 Å². The molecule has 0 aromatic heterocycles. The Hall–Kier alpha value is -2.25. The van der Waals surface area contributed by atoms with Crippen LogP contribution < -0.4 is 4.74 Å². The largest absolute Gasteiger partial charge is 0.573 e. The average Bonchev–Trinajstić information content (AvgIpc) is 2.87. The van der Waals surface area contributed by atoms with E-state index in [1.165, 1.54) is 17.0 Å². The standard InChI is InChI=1S/C17H20F3NO4/c1-10-8-21(9-13(10)14(22)23)15(24)16(2,3)11-4-6-12(7-5-11)25-17(18,19)20/h4-7,10,13H,8-9H2,1-3H3,(H,22,23)/t10-,13-/m1/s1. The summed E-state index contributed by atoms with van der Waals surface area (Å²) in [5.41, 5.74) is -0.470. The number of likely N-dealkylation sites (tertiary alicyclic amines) is 1. The quantitative estimate of drug-likeness (QED) is 0.897. The molecule has 0 unspecified atom stereocenters. The van der Waals surface area contributed by atoms with E-state index in [4.69, 9.17) is 0 Å². The molecule has 25 heavy (non-hydrogen) atoms. The topological polar surface area (TPSA) is 66.8 Å². The van der Waals surface area contributed by atoms with Crippen molar-refractivity contribution in [3.63, 3.8) is 0 Å². The molecule has 1 saturated heterocycles. The second-order valence-corrected chi connectivity index (χ2v) is 6.83. The molecule has 1 aliphatic rings. The third-order valence-electron chi connectivity index (χ3n) is 4.56. The summed E-state index contributed by atoms with van der Waals surface area (Å²) in [6, 6.07) is 5.13. The summed E-state index contributed by atoms with van der Waals surface area (Å²) < 4.78 is 40.5. The molecule has 2 rings (SSSR count). The molecule has 1 N–H and O–H groups in total. The van der Waals surface area contributed by atoms with Crippen LogP contribution in [0.1, 0.15) is 26.3 Å². The van der Waals surface area contributed by atoms with E-state index in [2.05, 4.69) is 4.74 Å². The molecule has 0 bridgehead atoms. The first-order chi connectivity index (χ1) is 11.4. The third kappa shape index (κ3) is 4.24. The number of alkyl halides is 3. The van der Waals surface area contributed by atoms with Gasteiger partial charge in [0.25, 0.3) is 0 Å². The Morgan fingerprint density at radius 2 is 1.72 bits per heavy atom. The van der Waals surface area contributed by atoms with E-state index in [0.717, 1.165) is 12.1 Å². The Morgan fingerprint density at radius 3 is 2.16 bits per heavy atom. The lowest BCUT2D eigenvalue weighted by Gasteiger charge is -2.30. The minimum Gasteiger partial charge on any atom is -0.481 e. The van der Waals surface area contributed by atoms with Crippen LogP contribution in [-0.4, -0.2) is 41.3 Å². The van der Waals surface area contributed by atoms with Crippen molar-refractivity contribution in [2.45, 2.75) is 32.5 Å². The summed E-state index contributed by atoms with van der Waals surface area (Å²) in [7, 11) is 0. The zero-order valence-electron chi connectivity index (χ0n) is 14.1. The van der Waals surface area contributed by atoms with Gasteiger partial charge in [0.05, 0.1) is 11.3 Å². The Balaban J connectivity index is 2.15. The number of carboxylic acid groups (broad SMARTS) is 1. The van der Waals surface area contributed by atoms with Gasteiger partial charge in [0, 0.05) is 13.1 Å². The normalized spacial score (nSPS) is 21.3. The van der Waals surface area contributed by atoms with Crippen molar-refractivity contribution in [2.24, 2.45) is 11.8 Å². The number of amides is 1. The van der Waals surface area contributed by atoms with Gasteiger partial charge in [-0.05, 0) is 37.5 Å². The van der Waals surface area contributed by atoms with Crippen molar-refractivity contribution < 1.29 is 32.6 Å². The number of halogens is 3. The monoisotopic (exact) mass is 359 g/mol. The lowest BCUT2D eigenvalue weighted by atomic mass is 9.83. The second kappa shape index (κ2) is 6.57. The molecule has 8 heteroatoms. The maximum absolute atomic E-state index is 12.8. The van der Waals surface area contributed by atoms with Crippen LogP contribution in [-0.2, 0) is 15.0 Å². The molecule has 1 aliphatic heterocycles. The molecule has 1 amide bonds. The van der Waals surface area contributed by atoms with E-state index in [-0.39, 0.29) is 24.1 Å². The Bertz CT molecular complexity index is 655. The number of carbonyl (C=O) groups excluding carboxylic acids is 1. The number of hydrogen-bond acceptors (Lipinski definition) is 3. The van der Waals surface area contributed by atoms with Gasteiger partial charge in [-0.1, -0.05) is 19.1 Å². The first-order valence-corrected chi connectivity index (χ1v) is 7.80. The van der Waals surface area contributed by atoms with Crippen LogP contribution in [0.15, 0.2) is 24.3 Å². The number of benzene rings is 1. The van der Waals surface area contributed by atoms with Gasteiger partial charge < -0.3 is 14.7 Å². The predicted octanol–water partition coefficient (Wildman–Crippen LogP) is 3.04. The zero-order valence-corrected chi connectivity index (χ0v) is 14.1. The molecule has 0 spiro atoms. The van der Waals surface area contributed by atoms with Crippen molar-refractivity contribution in [3.05, 3.63) is 29.8 Å². The number of ether oxygens (including phenoxy) is 1. The molecule has 0 aliphatic carbocycles. The minimum absolute atomic E-state index is 0.133. The van der Waals surface area contributed by atoms with Gasteiger partial charge in [-0.3, -0.25) is 9.59 Å². The van der Waals surface area contributed by atoms with Crippen LogP contribution in [0.2, 0.25) is 0 Å². The van der Waals surface area contributed by atoms with Gasteiger partial charge in [-0.25, -0.2) is 0 Å². The highest BCUT2D eigenvalue weighted by molar-refractivity contribution is 5.88. The smallest absolute Gasteiger partial charge is 0.481 e. The van der Waals surface area contributed by atoms with Gasteiger partial charge in [-0.2, -0.15) is 0 Å². The van der Waals surface area contributed by atoms with Gasteiger partial charge in [0.15, 0.2) is 0 Å². The molecule has 5 nitrogen and oxygen atoms in total. The number of aliphatic carboxylic acids is 1. The first-order valence-electron chi connectivity index (χ1n) is 7.80. The Morgan fingerprint density at radius 1 is 1.16 bits per heavy atom. The van der Waals surface area contributed by atoms with Crippen LogP contribution >= 0.6 is 0 Å². The molecular weight excluding hydrogens is 339 g/mol. The summed E-state index contributed by atoms with van der Waals surface area (Å²) in [6.07, 6.45) is -4.77. The Labute approximate surface area is 143 Å². The summed E-state index contributed by atoms with van der Waals surface area (Å²) in [5, 5.41) is 9.18. The van der Waals surface area contributed by atoms with E-state index in [0.29, 0.717) is 12.1 Å². The molecule has 1 aromatic carbocycles. The summed E-state index contributed by atoms with van der Waals surface area (Å²) in [6.45, 7) is 5.58. The fourth-order valence-electron chi connectivity index (χ4n) is 3.05. The molecule has 2 atom stereocenters. The third-order valence-corrected chi connectivity index (χ3v) is 4.56. The number of hydrogen-bond donors (Lipinski definition) is 1. The number of nitrogens with zero attached hydrogens (tertiary/aromatic N) is 1. The van der Waals surface area contributed by atoms with Crippen LogP contribution in [0.4, 0.5) is 13.2 Å². The molecule has 0 saturated carbocycles. The van der Waals surface area contributed by atoms with E-state index in [9.17, 15) is 27.9 Å². The SMILES string of the molecule is C[C@@H]1CN(C(=O)C(C)(C)c2ccc(OC(F)(F)F)cc2)C[C@H]1C(=O)O. The lowest BCUT2D eigenvalue weighted by Crippen LogP contribution is -2.42. The molecule has 138 valence electrons. The summed E-state index contributed by atoms with van der Waals surface area (Å²) >= 11 is 0. The van der Waals surface area contributed by atoms with Crippen molar-refractivity contribution in [1.82, 2.24) is 4.90 Å². The fourth-order valence-corrected chi connectivity index (χ4v) is 3.05. The summed E-state index contributed by atoms with van der Waals surface area (Å²) in [4.78, 5) is 25.5. The number of carboxylic acids is 1. The maximum atomic E-state index is 12.8. The lowest BCUT2D eigenvalue weighted by molar-refractivity contribution is -0.274. The summed E-state index contributed by atoms with van der Waals surface area (Å²) in [5.74, 6) is -2.32. The van der Waals surface area contributed by atoms with E-state index < -0.39 is 23.7 Å². The zero-order chi connectivity index (χ0) is 19.0. The van der Waals surface area contributed by atoms with Gasteiger partial charge in [0.1, 0.15) is 5.75 Å². The van der Waals surface area contributed by atoms with Gasteiger partial charge in [-0.15, -0.1) is 13.2 Å². The van der Waals surface area contributed by atoms with Crippen molar-refractivity contribution >= 4 is 11.9 Å². The van der Waals surface area contributed by atoms with E-state index >= 15 is 0 Å². The van der Waals surface area contributed by atoms with Crippen molar-refractivity contribution in [1.29, 1.82) is 0 Å². The van der Waals surface area contributed by atoms with Crippen LogP contribution in [0.25, 0.3) is 0 Å². The van der Waals surface area contributed by atoms with Crippen LogP contribution in [0, 0.1) is 11.8 Å². The van der Waals surface area contributed by atoms with Crippen molar-refractivity contribution in [2.75, 3.05) is 13.1 Å².